The van der Waals surface area contributed by atoms with Gasteiger partial charge in [0, 0.05) is 28.8 Å². The molecule has 0 N–H and O–H groups in total. The molecule has 130 valence electrons. The zero-order valence-electron chi connectivity index (χ0n) is 14.1. The molecule has 1 aromatic carbocycles. The maximum Gasteiger partial charge on any atom is 0.267 e. The summed E-state index contributed by atoms with van der Waals surface area (Å²) in [6.07, 6.45) is 1.04. The van der Waals surface area contributed by atoms with Crippen molar-refractivity contribution in [1.82, 2.24) is 4.57 Å². The number of anilines is 1. The van der Waals surface area contributed by atoms with Gasteiger partial charge in [-0.05, 0) is 54.0 Å². The Hall–Kier alpha value is -2.41. The Labute approximate surface area is 153 Å². The zero-order chi connectivity index (χ0) is 18.3. The normalized spacial score (nSPS) is 16.4. The molecular weight excluding hydrogens is 388 g/mol. The number of carbonyl (C=O) groups excluding carboxylic acids is 2. The van der Waals surface area contributed by atoms with Crippen molar-refractivity contribution >= 4 is 33.3 Å². The maximum absolute atomic E-state index is 12.6. The predicted octanol–water partition coefficient (Wildman–Crippen LogP) is 2.55. The van der Waals surface area contributed by atoms with E-state index in [1.807, 2.05) is 0 Å². The van der Waals surface area contributed by atoms with Gasteiger partial charge in [-0.1, -0.05) is 0 Å². The van der Waals surface area contributed by atoms with Crippen LogP contribution in [0.5, 0.6) is 5.75 Å². The van der Waals surface area contributed by atoms with Crippen LogP contribution in [0.1, 0.15) is 22.8 Å². The number of Topliss-reactive ketones (excluding diaryl/α,β-unsaturated/α-hetero) is 1. The van der Waals surface area contributed by atoms with Crippen LogP contribution in [-0.2, 0) is 11.3 Å². The minimum atomic E-state index is -0.553. The number of nitrogens with zero attached hydrogens (tertiary/aromatic N) is 2. The molecular formula is C18H17BrN2O4. The Kier molecular flexibility index (Phi) is 4.51. The van der Waals surface area contributed by atoms with Crippen molar-refractivity contribution in [3.63, 3.8) is 0 Å². The summed E-state index contributed by atoms with van der Waals surface area (Å²) in [7, 11) is 1.65. The average molecular weight is 405 g/mol. The number of hydrogen-bond acceptors (Lipinski definition) is 4. The first-order valence-electron chi connectivity index (χ1n) is 7.76. The minimum Gasteiger partial charge on any atom is -0.479 e. The Morgan fingerprint density at radius 1 is 1.28 bits per heavy atom. The summed E-state index contributed by atoms with van der Waals surface area (Å²) in [5, 5.41) is 0. The highest BCUT2D eigenvalue weighted by Gasteiger charge is 2.29. The van der Waals surface area contributed by atoms with Gasteiger partial charge in [-0.3, -0.25) is 14.4 Å². The van der Waals surface area contributed by atoms with Crippen LogP contribution in [0, 0.1) is 6.92 Å². The van der Waals surface area contributed by atoms with E-state index in [0.29, 0.717) is 22.6 Å². The van der Waals surface area contributed by atoms with Gasteiger partial charge in [-0.2, -0.15) is 0 Å². The lowest BCUT2D eigenvalue weighted by molar-refractivity contribution is -0.125. The van der Waals surface area contributed by atoms with Crippen LogP contribution in [0.2, 0.25) is 0 Å². The van der Waals surface area contributed by atoms with Gasteiger partial charge in [0.1, 0.15) is 5.75 Å². The SMILES string of the molecule is Cc1cc(Br)cn(CC(=O)c2ccc3c(c2)N(C)C(=O)C(C)O3)c1=O. The van der Waals surface area contributed by atoms with Gasteiger partial charge in [0.15, 0.2) is 11.9 Å². The van der Waals surface area contributed by atoms with Crippen molar-refractivity contribution in [2.24, 2.45) is 0 Å². The average Bonchev–Trinajstić information content (AvgIpc) is 2.57. The number of likely N-dealkylation sites (N-methyl/N-ethyl adjacent to an activating group) is 1. The fourth-order valence-electron chi connectivity index (χ4n) is 2.79. The third kappa shape index (κ3) is 3.24. The summed E-state index contributed by atoms with van der Waals surface area (Å²) < 4.78 is 7.66. The number of hydrogen-bond donors (Lipinski definition) is 0. The van der Waals surface area contributed by atoms with E-state index in [0.717, 1.165) is 4.47 Å². The van der Waals surface area contributed by atoms with Crippen LogP contribution < -0.4 is 15.2 Å². The number of benzene rings is 1. The van der Waals surface area contributed by atoms with E-state index in [1.165, 1.54) is 9.47 Å². The second kappa shape index (κ2) is 6.48. The molecule has 0 bridgehead atoms. The van der Waals surface area contributed by atoms with Gasteiger partial charge in [0.2, 0.25) is 0 Å². The molecule has 6 nitrogen and oxygen atoms in total. The molecule has 1 aliphatic heterocycles. The largest absolute Gasteiger partial charge is 0.479 e. The first-order valence-corrected chi connectivity index (χ1v) is 8.55. The van der Waals surface area contributed by atoms with E-state index >= 15 is 0 Å². The molecule has 2 heterocycles. The number of ketones is 1. The van der Waals surface area contributed by atoms with E-state index in [9.17, 15) is 14.4 Å². The standard InChI is InChI=1S/C18H17BrN2O4/c1-10-6-13(19)8-21(17(10)23)9-15(22)12-4-5-16-14(7-12)20(3)18(24)11(2)25-16/h4-8,11H,9H2,1-3H3. The lowest BCUT2D eigenvalue weighted by Crippen LogP contribution is -2.42. The molecule has 0 saturated carbocycles. The van der Waals surface area contributed by atoms with E-state index in [1.54, 1.807) is 51.4 Å². The van der Waals surface area contributed by atoms with Crippen molar-refractivity contribution in [1.29, 1.82) is 0 Å². The third-order valence-corrected chi connectivity index (χ3v) is 4.60. The summed E-state index contributed by atoms with van der Waals surface area (Å²) in [6.45, 7) is 3.31. The molecule has 0 spiro atoms. The van der Waals surface area contributed by atoms with Crippen LogP contribution >= 0.6 is 15.9 Å². The van der Waals surface area contributed by atoms with Crippen molar-refractivity contribution in [2.75, 3.05) is 11.9 Å². The predicted molar refractivity (Wildman–Crippen MR) is 97.4 cm³/mol. The summed E-state index contributed by atoms with van der Waals surface area (Å²) in [5.74, 6) is 0.166. The third-order valence-electron chi connectivity index (χ3n) is 4.17. The zero-order valence-corrected chi connectivity index (χ0v) is 15.7. The molecule has 2 aromatic rings. The second-order valence-electron chi connectivity index (χ2n) is 6.04. The molecule has 3 rings (SSSR count). The van der Waals surface area contributed by atoms with Gasteiger partial charge >= 0.3 is 0 Å². The number of fused-ring (bicyclic) bond motifs is 1. The summed E-state index contributed by atoms with van der Waals surface area (Å²) in [4.78, 5) is 38.3. The fraction of sp³-hybridized carbons (Fsp3) is 0.278. The molecule has 0 aliphatic carbocycles. The number of rotatable bonds is 3. The van der Waals surface area contributed by atoms with Gasteiger partial charge < -0.3 is 14.2 Å². The van der Waals surface area contributed by atoms with E-state index in [4.69, 9.17) is 4.74 Å². The van der Waals surface area contributed by atoms with Crippen LogP contribution in [0.4, 0.5) is 5.69 Å². The number of amides is 1. The summed E-state index contributed by atoms with van der Waals surface area (Å²) in [5.41, 5.74) is 1.31. The molecule has 0 fully saturated rings. The molecule has 7 heteroatoms. The smallest absolute Gasteiger partial charge is 0.267 e. The van der Waals surface area contributed by atoms with Gasteiger partial charge in [-0.25, -0.2) is 0 Å². The summed E-state index contributed by atoms with van der Waals surface area (Å²) in [6, 6.07) is 6.66. The van der Waals surface area contributed by atoms with Crippen LogP contribution in [0.15, 0.2) is 39.7 Å². The second-order valence-corrected chi connectivity index (χ2v) is 6.95. The number of pyridine rings is 1. The first kappa shape index (κ1) is 17.4. The highest BCUT2D eigenvalue weighted by molar-refractivity contribution is 9.10. The van der Waals surface area contributed by atoms with Crippen molar-refractivity contribution in [2.45, 2.75) is 26.5 Å². The number of aryl methyl sites for hydroxylation is 1. The highest BCUT2D eigenvalue weighted by Crippen LogP contribution is 2.34. The number of aromatic nitrogens is 1. The maximum atomic E-state index is 12.6. The Balaban J connectivity index is 1.92. The molecule has 1 amide bonds. The topological polar surface area (TPSA) is 68.6 Å². The molecule has 1 aromatic heterocycles. The van der Waals surface area contributed by atoms with Gasteiger partial charge in [0.05, 0.1) is 12.2 Å². The number of ether oxygens (including phenoxy) is 1. The number of halogens is 1. The first-order chi connectivity index (χ1) is 11.8. The van der Waals surface area contributed by atoms with Gasteiger partial charge in [0.25, 0.3) is 11.5 Å². The van der Waals surface area contributed by atoms with Crippen molar-refractivity contribution in [3.8, 4) is 5.75 Å². The van der Waals surface area contributed by atoms with Crippen molar-refractivity contribution < 1.29 is 14.3 Å². The van der Waals surface area contributed by atoms with Crippen LogP contribution in [0.25, 0.3) is 0 Å². The van der Waals surface area contributed by atoms with E-state index < -0.39 is 6.10 Å². The Morgan fingerprint density at radius 3 is 2.72 bits per heavy atom. The summed E-state index contributed by atoms with van der Waals surface area (Å²) >= 11 is 3.33. The van der Waals surface area contributed by atoms with Gasteiger partial charge in [-0.15, -0.1) is 0 Å². The van der Waals surface area contributed by atoms with Crippen molar-refractivity contribution in [3.05, 3.63) is 56.4 Å². The molecule has 0 radical (unpaired) electrons. The minimum absolute atomic E-state index is 0.0766. The van der Waals surface area contributed by atoms with E-state index in [2.05, 4.69) is 15.9 Å². The Morgan fingerprint density at radius 2 is 2.00 bits per heavy atom. The number of carbonyl (C=O) groups is 2. The lowest BCUT2D eigenvalue weighted by atomic mass is 10.1. The fourth-order valence-corrected chi connectivity index (χ4v) is 3.38. The molecule has 1 atom stereocenters. The molecule has 1 aliphatic rings. The molecule has 1 unspecified atom stereocenters. The molecule has 0 saturated heterocycles. The lowest BCUT2D eigenvalue weighted by Gasteiger charge is -2.30. The highest BCUT2D eigenvalue weighted by atomic mass is 79.9. The molecule has 25 heavy (non-hydrogen) atoms. The quantitative estimate of drug-likeness (QED) is 0.737. The van der Waals surface area contributed by atoms with Crippen LogP contribution in [0.3, 0.4) is 0 Å². The van der Waals surface area contributed by atoms with E-state index in [-0.39, 0.29) is 23.8 Å². The monoisotopic (exact) mass is 404 g/mol. The Bertz CT molecular complexity index is 935. The van der Waals surface area contributed by atoms with Crippen LogP contribution in [-0.4, -0.2) is 29.4 Å².